The fourth-order valence-electron chi connectivity index (χ4n) is 3.15. The number of rotatable bonds is 4. The Morgan fingerprint density at radius 2 is 2.00 bits per heavy atom. The lowest BCUT2D eigenvalue weighted by atomic mass is 10.1. The van der Waals surface area contributed by atoms with Crippen molar-refractivity contribution in [3.63, 3.8) is 0 Å². The third-order valence-electron chi connectivity index (χ3n) is 4.51. The fourth-order valence-corrected chi connectivity index (χ4v) is 3.32. The van der Waals surface area contributed by atoms with Crippen LogP contribution in [-0.2, 0) is 0 Å². The summed E-state index contributed by atoms with van der Waals surface area (Å²) in [5.41, 5.74) is 8.88. The van der Waals surface area contributed by atoms with Crippen molar-refractivity contribution in [2.24, 2.45) is 0 Å². The summed E-state index contributed by atoms with van der Waals surface area (Å²) in [7, 11) is 1.64. The first-order chi connectivity index (χ1) is 12.0. The number of carbonyl (C=O) groups excluding carboxylic acids is 1. The summed E-state index contributed by atoms with van der Waals surface area (Å²) < 4.78 is 5.43. The van der Waals surface area contributed by atoms with E-state index in [0.717, 1.165) is 30.0 Å². The van der Waals surface area contributed by atoms with E-state index in [9.17, 15) is 4.79 Å². The Bertz CT molecular complexity index is 802. The molecule has 1 heterocycles. The molecule has 1 amide bonds. The molecule has 148 valence electrons. The Hall–Kier alpha value is -1.82. The molecular formula is C19H24Cl3N3O2. The van der Waals surface area contributed by atoms with Crippen LogP contribution in [0.25, 0.3) is 0 Å². The molecule has 27 heavy (non-hydrogen) atoms. The fraction of sp³-hybridized carbons (Fsp3) is 0.316. The second-order valence-electron chi connectivity index (χ2n) is 6.30. The zero-order valence-corrected chi connectivity index (χ0v) is 17.6. The van der Waals surface area contributed by atoms with Gasteiger partial charge in [-0.05, 0) is 49.2 Å². The van der Waals surface area contributed by atoms with Crippen LogP contribution in [0.4, 0.5) is 11.4 Å². The van der Waals surface area contributed by atoms with Crippen LogP contribution in [0.1, 0.15) is 22.3 Å². The van der Waals surface area contributed by atoms with E-state index in [4.69, 9.17) is 22.1 Å². The van der Waals surface area contributed by atoms with E-state index in [1.807, 2.05) is 31.2 Å². The largest absolute Gasteiger partial charge is 0.495 e. The second-order valence-corrected chi connectivity index (χ2v) is 6.73. The number of nitrogens with one attached hydrogen (secondary N) is 1. The first-order valence-electron chi connectivity index (χ1n) is 8.23. The number of nitrogens with two attached hydrogens (primary N) is 1. The third-order valence-corrected chi connectivity index (χ3v) is 4.75. The van der Waals surface area contributed by atoms with Crippen LogP contribution in [0.3, 0.4) is 0 Å². The van der Waals surface area contributed by atoms with Crippen molar-refractivity contribution in [1.29, 1.82) is 0 Å². The first-order valence-corrected chi connectivity index (χ1v) is 8.61. The van der Waals surface area contributed by atoms with Gasteiger partial charge in [0.05, 0.1) is 12.8 Å². The molecule has 3 N–H and O–H groups in total. The zero-order valence-electron chi connectivity index (χ0n) is 15.2. The van der Waals surface area contributed by atoms with Crippen molar-refractivity contribution >= 4 is 53.7 Å². The first kappa shape index (κ1) is 23.2. The summed E-state index contributed by atoms with van der Waals surface area (Å²) >= 11 is 6.12. The molecule has 0 aliphatic carbocycles. The molecule has 0 radical (unpaired) electrons. The van der Waals surface area contributed by atoms with Gasteiger partial charge in [-0.1, -0.05) is 17.7 Å². The number of hydrogen-bond donors (Lipinski definition) is 2. The lowest BCUT2D eigenvalue weighted by molar-refractivity contribution is 0.0940. The highest BCUT2D eigenvalue weighted by Gasteiger charge is 2.26. The molecule has 1 fully saturated rings. The minimum atomic E-state index is -0.0882. The minimum Gasteiger partial charge on any atom is -0.495 e. The van der Waals surface area contributed by atoms with Gasteiger partial charge in [0.1, 0.15) is 5.75 Å². The Morgan fingerprint density at radius 3 is 2.70 bits per heavy atom. The van der Waals surface area contributed by atoms with E-state index in [2.05, 4.69) is 10.2 Å². The Labute approximate surface area is 177 Å². The molecule has 5 nitrogen and oxygen atoms in total. The number of methoxy groups -OCH3 is 1. The van der Waals surface area contributed by atoms with Crippen LogP contribution < -0.4 is 20.7 Å². The molecule has 1 unspecified atom stereocenters. The number of ether oxygens (including phenoxy) is 1. The van der Waals surface area contributed by atoms with Crippen LogP contribution >= 0.6 is 36.4 Å². The highest BCUT2D eigenvalue weighted by molar-refractivity contribution is 6.30. The van der Waals surface area contributed by atoms with Crippen LogP contribution in [0.15, 0.2) is 36.4 Å². The summed E-state index contributed by atoms with van der Waals surface area (Å²) in [6, 6.07) is 11.0. The number of anilines is 2. The van der Waals surface area contributed by atoms with Crippen LogP contribution in [0.5, 0.6) is 5.75 Å². The summed E-state index contributed by atoms with van der Waals surface area (Å²) in [5.74, 6) is 0.692. The summed E-state index contributed by atoms with van der Waals surface area (Å²) in [4.78, 5) is 14.7. The number of nitrogens with zero attached hydrogens (tertiary/aromatic N) is 1. The molecule has 1 aliphatic rings. The molecule has 0 aromatic heterocycles. The van der Waals surface area contributed by atoms with Crippen LogP contribution in [0, 0.1) is 6.92 Å². The monoisotopic (exact) mass is 431 g/mol. The molecule has 1 aliphatic heterocycles. The summed E-state index contributed by atoms with van der Waals surface area (Å²) in [6.07, 6.45) is 0.864. The van der Waals surface area contributed by atoms with Gasteiger partial charge in [0.15, 0.2) is 0 Å². The molecule has 0 bridgehead atoms. The van der Waals surface area contributed by atoms with Crippen LogP contribution in [0.2, 0.25) is 5.02 Å². The van der Waals surface area contributed by atoms with Crippen molar-refractivity contribution in [3.8, 4) is 5.75 Å². The van der Waals surface area contributed by atoms with Gasteiger partial charge in [-0.15, -0.1) is 24.8 Å². The van der Waals surface area contributed by atoms with E-state index in [1.165, 1.54) is 0 Å². The van der Waals surface area contributed by atoms with Gasteiger partial charge in [-0.25, -0.2) is 0 Å². The Kier molecular flexibility index (Phi) is 8.54. The predicted octanol–water partition coefficient (Wildman–Crippen LogP) is 4.09. The van der Waals surface area contributed by atoms with Gasteiger partial charge >= 0.3 is 0 Å². The van der Waals surface area contributed by atoms with E-state index < -0.39 is 0 Å². The molecule has 0 spiro atoms. The summed E-state index contributed by atoms with van der Waals surface area (Å²) in [5, 5.41) is 3.77. The SMILES string of the molecule is COc1ccc(Cl)cc1N1CCC(NC(=O)c2cc(N)ccc2C)C1.Cl.Cl. The van der Waals surface area contributed by atoms with Crippen molar-refractivity contribution in [1.82, 2.24) is 5.32 Å². The molecule has 1 saturated heterocycles. The van der Waals surface area contributed by atoms with Gasteiger partial charge in [-0.2, -0.15) is 0 Å². The van der Waals surface area contributed by atoms with Crippen LogP contribution in [-0.4, -0.2) is 32.1 Å². The van der Waals surface area contributed by atoms with Crippen molar-refractivity contribution in [3.05, 3.63) is 52.5 Å². The second kappa shape index (κ2) is 9.93. The maximum atomic E-state index is 12.6. The predicted molar refractivity (Wildman–Crippen MR) is 116 cm³/mol. The highest BCUT2D eigenvalue weighted by atomic mass is 35.5. The number of nitrogen functional groups attached to an aromatic ring is 1. The molecule has 3 rings (SSSR count). The Morgan fingerprint density at radius 1 is 1.26 bits per heavy atom. The molecular weight excluding hydrogens is 409 g/mol. The van der Waals surface area contributed by atoms with E-state index in [0.29, 0.717) is 22.8 Å². The molecule has 2 aromatic rings. The molecule has 0 saturated carbocycles. The average Bonchev–Trinajstić information content (AvgIpc) is 3.05. The zero-order chi connectivity index (χ0) is 18.0. The van der Waals surface area contributed by atoms with E-state index in [1.54, 1.807) is 19.2 Å². The number of carbonyl (C=O) groups is 1. The number of hydrogen-bond acceptors (Lipinski definition) is 4. The topological polar surface area (TPSA) is 67.6 Å². The third kappa shape index (κ3) is 5.34. The standard InChI is InChI=1S/C19H22ClN3O2.2ClH/c1-12-3-5-14(21)10-16(12)19(24)22-15-7-8-23(11-15)17-9-13(20)4-6-18(17)25-2;;/h3-6,9-10,15H,7-8,11,21H2,1-2H3,(H,22,24);2*1H. The molecule has 8 heteroatoms. The number of amides is 1. The van der Waals surface area contributed by atoms with Gasteiger partial charge in [0.25, 0.3) is 5.91 Å². The lowest BCUT2D eigenvalue weighted by Crippen LogP contribution is -2.37. The number of benzene rings is 2. The maximum absolute atomic E-state index is 12.6. The van der Waals surface area contributed by atoms with Crippen molar-refractivity contribution < 1.29 is 9.53 Å². The molecule has 2 aromatic carbocycles. The normalized spacial score (nSPS) is 15.5. The van der Waals surface area contributed by atoms with Gasteiger partial charge < -0.3 is 20.7 Å². The van der Waals surface area contributed by atoms with Crippen molar-refractivity contribution in [2.45, 2.75) is 19.4 Å². The number of halogens is 3. The van der Waals surface area contributed by atoms with E-state index in [-0.39, 0.29) is 36.8 Å². The number of aryl methyl sites for hydroxylation is 1. The quantitative estimate of drug-likeness (QED) is 0.714. The van der Waals surface area contributed by atoms with Gasteiger partial charge in [0, 0.05) is 35.4 Å². The van der Waals surface area contributed by atoms with E-state index >= 15 is 0 Å². The van der Waals surface area contributed by atoms with Gasteiger partial charge in [0.2, 0.25) is 0 Å². The lowest BCUT2D eigenvalue weighted by Gasteiger charge is -2.22. The maximum Gasteiger partial charge on any atom is 0.251 e. The Balaban J connectivity index is 0.00000182. The molecule has 1 atom stereocenters. The average molecular weight is 433 g/mol. The summed E-state index contributed by atoms with van der Waals surface area (Å²) in [6.45, 7) is 3.45. The van der Waals surface area contributed by atoms with Crippen molar-refractivity contribution in [2.75, 3.05) is 30.8 Å². The minimum absolute atomic E-state index is 0. The smallest absolute Gasteiger partial charge is 0.251 e. The highest BCUT2D eigenvalue weighted by Crippen LogP contribution is 2.33. The van der Waals surface area contributed by atoms with Gasteiger partial charge in [-0.3, -0.25) is 4.79 Å².